The predicted octanol–water partition coefficient (Wildman–Crippen LogP) is 0.0488. The van der Waals surface area contributed by atoms with Crippen molar-refractivity contribution < 1.29 is 65.6 Å². The maximum Gasteiger partial charge on any atom is 0.490 e. The number of nitrogen functional groups attached to an aromatic ring is 1. The molecule has 0 radical (unpaired) electrons. The van der Waals surface area contributed by atoms with Crippen LogP contribution >= 0.6 is 23.5 Å². The van der Waals surface area contributed by atoms with E-state index in [2.05, 4.69) is 18.1 Å². The number of nitrogens with two attached hydrogens (primary N) is 2. The number of hydrogen-bond donors (Lipinski definition) is 6. The summed E-state index contributed by atoms with van der Waals surface area (Å²) in [4.78, 5) is 75.5. The average Bonchev–Trinajstić information content (AvgIpc) is 3.22. The molecule has 1 fully saturated rings. The lowest BCUT2D eigenvalue weighted by atomic mass is 10.1. The Labute approximate surface area is 228 Å². The van der Waals surface area contributed by atoms with Crippen molar-refractivity contribution in [3.8, 4) is 0 Å². The number of nitrogens with zero attached hydrogens (tertiary/aromatic N) is 3. The van der Waals surface area contributed by atoms with E-state index < -0.39 is 65.1 Å². The Balaban J connectivity index is 1.84. The third-order valence-electron chi connectivity index (χ3n) is 5.16. The number of carbonyl (C=O) groups excluding carboxylic acids is 1. The fourth-order valence-corrected chi connectivity index (χ4v) is 6.55. The van der Waals surface area contributed by atoms with Crippen LogP contribution in [0.15, 0.2) is 35.3 Å². The quantitative estimate of drug-likeness (QED) is 0.0768. The topological polar surface area (TPSA) is 325 Å². The van der Waals surface area contributed by atoms with Crippen LogP contribution in [0, 0.1) is 10.1 Å². The van der Waals surface area contributed by atoms with E-state index in [-0.39, 0.29) is 35.6 Å². The normalized spacial score (nSPS) is 22.0. The van der Waals surface area contributed by atoms with Gasteiger partial charge in [-0.15, -0.1) is 0 Å². The van der Waals surface area contributed by atoms with Crippen LogP contribution in [0.1, 0.15) is 28.6 Å². The number of phosphoric ester groups is 1. The van der Waals surface area contributed by atoms with Crippen LogP contribution in [0.25, 0.3) is 0 Å². The summed E-state index contributed by atoms with van der Waals surface area (Å²) >= 11 is 0. The lowest BCUT2D eigenvalue weighted by molar-refractivity contribution is -0.384. The van der Waals surface area contributed by atoms with Gasteiger partial charge >= 0.3 is 35.1 Å². The van der Waals surface area contributed by atoms with E-state index >= 15 is 0 Å². The van der Waals surface area contributed by atoms with Gasteiger partial charge < -0.3 is 40.5 Å². The number of carbonyl (C=O) groups is 1. The molecule has 1 aliphatic rings. The van der Waals surface area contributed by atoms with Crippen LogP contribution in [0.5, 0.6) is 0 Å². The molecule has 3 rings (SSSR count). The zero-order chi connectivity index (χ0) is 30.8. The standard InChI is InChI=1S/C17H22N5O16P3/c18-7-9-5-10(22(25)26)1-2-11(9)16(23)36-12-6-15(21-4-3-14(19)20-17(21)24)35-13(12)8-34-40(30,31)38-41(32,33)37-39(27,28)29/h1-5,12-13,15H,6-8,18H2,(H,30,31)(H,32,33)(H2,19,20,24)(H2,27,28,29)/t12-,13?,15-/m1/s1. The average molecular weight is 645 g/mol. The number of nitro benzene ring substituents is 1. The van der Waals surface area contributed by atoms with E-state index in [0.717, 1.165) is 22.8 Å². The van der Waals surface area contributed by atoms with Crippen molar-refractivity contribution in [2.75, 3.05) is 12.3 Å². The van der Waals surface area contributed by atoms with E-state index in [1.54, 1.807) is 0 Å². The van der Waals surface area contributed by atoms with Gasteiger partial charge in [-0.05, 0) is 17.7 Å². The minimum absolute atomic E-state index is 0.0448. The first-order chi connectivity index (χ1) is 18.9. The molecule has 24 heteroatoms. The number of aromatic nitrogens is 2. The highest BCUT2D eigenvalue weighted by Crippen LogP contribution is 2.66. The highest BCUT2D eigenvalue weighted by atomic mass is 31.3. The Morgan fingerprint density at radius 1 is 1.17 bits per heavy atom. The Morgan fingerprint density at radius 2 is 1.85 bits per heavy atom. The van der Waals surface area contributed by atoms with Gasteiger partial charge in [0.1, 0.15) is 24.3 Å². The van der Waals surface area contributed by atoms with Crippen LogP contribution in [-0.4, -0.2) is 58.8 Å². The van der Waals surface area contributed by atoms with Crippen molar-refractivity contribution in [3.63, 3.8) is 0 Å². The smallest absolute Gasteiger partial charge is 0.456 e. The molecule has 0 bridgehead atoms. The van der Waals surface area contributed by atoms with Crippen molar-refractivity contribution in [2.24, 2.45) is 5.73 Å². The molecule has 1 aliphatic heterocycles. The van der Waals surface area contributed by atoms with E-state index in [0.29, 0.717) is 0 Å². The maximum atomic E-state index is 13.0. The fraction of sp³-hybridized carbons (Fsp3) is 0.353. The monoisotopic (exact) mass is 645 g/mol. The first kappa shape index (κ1) is 32.6. The number of anilines is 1. The molecule has 21 nitrogen and oxygen atoms in total. The van der Waals surface area contributed by atoms with Crippen molar-refractivity contribution in [1.82, 2.24) is 9.55 Å². The number of ether oxygens (including phenoxy) is 2. The van der Waals surface area contributed by atoms with Crippen LogP contribution in [-0.2, 0) is 42.9 Å². The van der Waals surface area contributed by atoms with E-state index in [1.807, 2.05) is 0 Å². The molecule has 0 aliphatic carbocycles. The summed E-state index contributed by atoms with van der Waals surface area (Å²) in [5.41, 5.74) is 9.71. The summed E-state index contributed by atoms with van der Waals surface area (Å²) in [5.74, 6) is -1.18. The highest BCUT2D eigenvalue weighted by Gasteiger charge is 2.44. The Hall–Kier alpha value is -2.90. The lowest BCUT2D eigenvalue weighted by Crippen LogP contribution is -2.31. The summed E-state index contributed by atoms with van der Waals surface area (Å²) in [6.07, 6.45) is -3.13. The minimum atomic E-state index is -5.82. The Morgan fingerprint density at radius 3 is 2.44 bits per heavy atom. The van der Waals surface area contributed by atoms with Gasteiger partial charge in [0.2, 0.25) is 0 Å². The largest absolute Gasteiger partial charge is 0.490 e. The summed E-state index contributed by atoms with van der Waals surface area (Å²) < 4.78 is 58.4. The van der Waals surface area contributed by atoms with Gasteiger partial charge in [-0.2, -0.15) is 13.6 Å². The van der Waals surface area contributed by atoms with Gasteiger partial charge in [-0.3, -0.25) is 19.2 Å². The molecule has 1 saturated heterocycles. The van der Waals surface area contributed by atoms with Crippen molar-refractivity contribution in [3.05, 3.63) is 62.2 Å². The highest BCUT2D eigenvalue weighted by molar-refractivity contribution is 7.66. The number of rotatable bonds is 12. The molecule has 0 amide bonds. The summed E-state index contributed by atoms with van der Waals surface area (Å²) in [5, 5.41) is 11.0. The van der Waals surface area contributed by atoms with Gasteiger partial charge in [-0.1, -0.05) is 0 Å². The number of nitro groups is 1. The zero-order valence-electron chi connectivity index (χ0n) is 20.3. The third-order valence-corrected chi connectivity index (χ3v) is 8.96. The molecule has 3 unspecified atom stereocenters. The third kappa shape index (κ3) is 9.04. The molecule has 8 N–H and O–H groups in total. The van der Waals surface area contributed by atoms with E-state index in [4.69, 9.17) is 30.7 Å². The predicted molar refractivity (Wildman–Crippen MR) is 131 cm³/mol. The maximum absolute atomic E-state index is 13.0. The number of benzene rings is 1. The molecule has 2 heterocycles. The fourth-order valence-electron chi connectivity index (χ4n) is 3.52. The van der Waals surface area contributed by atoms with Gasteiger partial charge in [0.05, 0.1) is 17.1 Å². The minimum Gasteiger partial charge on any atom is -0.456 e. The molecular formula is C17H22N5O16P3. The molecular weight excluding hydrogens is 623 g/mol. The zero-order valence-corrected chi connectivity index (χ0v) is 22.9. The molecule has 0 spiro atoms. The van der Waals surface area contributed by atoms with Crippen LogP contribution in [0.3, 0.4) is 0 Å². The Kier molecular flexibility index (Phi) is 9.97. The Bertz CT molecular complexity index is 1530. The first-order valence-electron chi connectivity index (χ1n) is 10.9. The van der Waals surface area contributed by atoms with Gasteiger partial charge in [0, 0.05) is 31.3 Å². The van der Waals surface area contributed by atoms with Crippen molar-refractivity contribution in [1.29, 1.82) is 0 Å². The molecule has 226 valence electrons. The lowest BCUT2D eigenvalue weighted by Gasteiger charge is -2.21. The SMILES string of the molecule is NCc1cc([N+](=O)[O-])ccc1C(=O)O[C@@H]1C[C@H](n2ccc(N)nc2=O)OC1COP(=O)(O)OP(=O)(O)OP(=O)(O)O. The number of phosphoric acid groups is 3. The van der Waals surface area contributed by atoms with E-state index in [9.17, 15) is 43.2 Å². The molecule has 5 atom stereocenters. The van der Waals surface area contributed by atoms with Crippen molar-refractivity contribution >= 4 is 40.9 Å². The second kappa shape index (κ2) is 12.5. The molecule has 41 heavy (non-hydrogen) atoms. The molecule has 0 saturated carbocycles. The number of esters is 1. The summed E-state index contributed by atoms with van der Waals surface area (Å²) in [6, 6.07) is 4.41. The second-order valence-corrected chi connectivity index (χ2v) is 12.5. The van der Waals surface area contributed by atoms with Gasteiger partial charge in [-0.25, -0.2) is 23.3 Å². The number of hydrogen-bond acceptors (Lipinski definition) is 15. The molecule has 1 aromatic carbocycles. The van der Waals surface area contributed by atoms with E-state index in [1.165, 1.54) is 12.3 Å². The van der Waals surface area contributed by atoms with Crippen LogP contribution in [0.2, 0.25) is 0 Å². The van der Waals surface area contributed by atoms with Gasteiger partial charge in [0.15, 0.2) is 0 Å². The van der Waals surface area contributed by atoms with Crippen molar-refractivity contribution in [2.45, 2.75) is 31.4 Å². The van der Waals surface area contributed by atoms with Gasteiger partial charge in [0.25, 0.3) is 5.69 Å². The summed E-state index contributed by atoms with van der Waals surface area (Å²) in [7, 11) is -17.0. The number of non-ortho nitro benzene ring substituents is 1. The van der Waals surface area contributed by atoms with Crippen LogP contribution < -0.4 is 17.2 Å². The molecule has 2 aromatic rings. The van der Waals surface area contributed by atoms with Crippen LogP contribution in [0.4, 0.5) is 11.5 Å². The first-order valence-corrected chi connectivity index (χ1v) is 15.4. The second-order valence-electron chi connectivity index (χ2n) is 8.04. The summed E-state index contributed by atoms with van der Waals surface area (Å²) in [6.45, 7) is -1.31. The molecule has 1 aromatic heterocycles.